The number of amidine groups is 1. The van der Waals surface area contributed by atoms with Crippen molar-refractivity contribution in [1.82, 2.24) is 4.72 Å². The first-order chi connectivity index (χ1) is 9.44. The van der Waals surface area contributed by atoms with Gasteiger partial charge in [-0.05, 0) is 31.0 Å². The van der Waals surface area contributed by atoms with Crippen molar-refractivity contribution in [3.63, 3.8) is 0 Å². The maximum absolute atomic E-state index is 12.3. The summed E-state index contributed by atoms with van der Waals surface area (Å²) in [6.45, 7) is 0. The van der Waals surface area contributed by atoms with Gasteiger partial charge in [-0.1, -0.05) is 29.2 Å². The molecule has 0 spiro atoms. The zero-order valence-electron chi connectivity index (χ0n) is 10.7. The van der Waals surface area contributed by atoms with Crippen molar-refractivity contribution in [1.29, 1.82) is 0 Å². The topological polar surface area (TPSA) is 105 Å². The number of halogens is 1. The van der Waals surface area contributed by atoms with Crippen LogP contribution in [0.25, 0.3) is 0 Å². The highest BCUT2D eigenvalue weighted by molar-refractivity contribution is 7.89. The van der Waals surface area contributed by atoms with Crippen LogP contribution in [0.2, 0.25) is 5.02 Å². The quantitative estimate of drug-likeness (QED) is 0.339. The molecular formula is C12H16ClN3O3S. The Bertz CT molecular complexity index is 618. The molecule has 6 nitrogen and oxygen atoms in total. The molecule has 0 aromatic heterocycles. The summed E-state index contributed by atoms with van der Waals surface area (Å²) in [5.74, 6) is -0.227. The molecule has 1 aliphatic carbocycles. The van der Waals surface area contributed by atoms with Crippen LogP contribution in [0.4, 0.5) is 0 Å². The summed E-state index contributed by atoms with van der Waals surface area (Å²) >= 11 is 5.80. The standard InChI is InChI=1S/C12H16ClN3O3S/c13-8-3-1-4-9(7-8)20(18,19)16-11-6-2-5-10(11)12(14)15-17/h1,3-4,7,10-11,16-17H,2,5-6H2,(H2,14,15). The molecule has 20 heavy (non-hydrogen) atoms. The van der Waals surface area contributed by atoms with E-state index in [1.54, 1.807) is 12.1 Å². The molecule has 1 aliphatic rings. The molecule has 0 bridgehead atoms. The third-order valence-electron chi connectivity index (χ3n) is 3.42. The van der Waals surface area contributed by atoms with Gasteiger partial charge in [-0.15, -0.1) is 0 Å². The molecular weight excluding hydrogens is 302 g/mol. The van der Waals surface area contributed by atoms with E-state index < -0.39 is 10.0 Å². The molecule has 0 radical (unpaired) electrons. The minimum atomic E-state index is -3.67. The van der Waals surface area contributed by atoms with E-state index in [1.165, 1.54) is 12.1 Å². The summed E-state index contributed by atoms with van der Waals surface area (Å²) in [6, 6.07) is 5.68. The molecule has 1 aromatic carbocycles. The fraction of sp³-hybridized carbons (Fsp3) is 0.417. The summed E-state index contributed by atoms with van der Waals surface area (Å²) in [6.07, 6.45) is 2.17. The molecule has 0 saturated heterocycles. The Kier molecular flexibility index (Phi) is 4.52. The van der Waals surface area contributed by atoms with E-state index in [9.17, 15) is 8.42 Å². The largest absolute Gasteiger partial charge is 0.409 e. The van der Waals surface area contributed by atoms with Crippen LogP contribution in [0.1, 0.15) is 19.3 Å². The van der Waals surface area contributed by atoms with Gasteiger partial charge in [0.15, 0.2) is 0 Å². The molecule has 2 atom stereocenters. The molecule has 1 fully saturated rings. The first kappa shape index (κ1) is 15.1. The summed E-state index contributed by atoms with van der Waals surface area (Å²) in [5, 5.41) is 12.1. The second-order valence-corrected chi connectivity index (χ2v) is 6.90. The van der Waals surface area contributed by atoms with Gasteiger partial charge in [0.25, 0.3) is 0 Å². The van der Waals surface area contributed by atoms with Gasteiger partial charge in [0.2, 0.25) is 10.0 Å². The van der Waals surface area contributed by atoms with Gasteiger partial charge < -0.3 is 10.9 Å². The Labute approximate surface area is 122 Å². The fourth-order valence-electron chi connectivity index (χ4n) is 2.43. The summed E-state index contributed by atoms with van der Waals surface area (Å²) in [5.41, 5.74) is 5.59. The zero-order chi connectivity index (χ0) is 14.8. The van der Waals surface area contributed by atoms with Crippen LogP contribution < -0.4 is 10.5 Å². The average molecular weight is 318 g/mol. The molecule has 4 N–H and O–H groups in total. The minimum Gasteiger partial charge on any atom is -0.409 e. The molecule has 110 valence electrons. The first-order valence-electron chi connectivity index (χ1n) is 6.19. The maximum atomic E-state index is 12.3. The van der Waals surface area contributed by atoms with Crippen molar-refractivity contribution in [3.05, 3.63) is 29.3 Å². The number of benzene rings is 1. The Morgan fingerprint density at radius 2 is 2.20 bits per heavy atom. The van der Waals surface area contributed by atoms with Crippen LogP contribution in [-0.2, 0) is 10.0 Å². The Morgan fingerprint density at radius 1 is 1.45 bits per heavy atom. The molecule has 0 heterocycles. The number of nitrogens with zero attached hydrogens (tertiary/aromatic N) is 1. The highest BCUT2D eigenvalue weighted by Gasteiger charge is 2.34. The summed E-state index contributed by atoms with van der Waals surface area (Å²) in [4.78, 5) is 0.107. The molecule has 1 aromatic rings. The van der Waals surface area contributed by atoms with E-state index in [2.05, 4.69) is 9.88 Å². The number of oxime groups is 1. The van der Waals surface area contributed by atoms with E-state index in [0.717, 1.165) is 6.42 Å². The van der Waals surface area contributed by atoms with Crippen molar-refractivity contribution in [2.24, 2.45) is 16.8 Å². The van der Waals surface area contributed by atoms with Gasteiger partial charge in [-0.2, -0.15) is 0 Å². The lowest BCUT2D eigenvalue weighted by Crippen LogP contribution is -2.42. The highest BCUT2D eigenvalue weighted by Crippen LogP contribution is 2.27. The first-order valence-corrected chi connectivity index (χ1v) is 8.05. The molecule has 8 heteroatoms. The Morgan fingerprint density at radius 3 is 2.85 bits per heavy atom. The van der Waals surface area contributed by atoms with Crippen LogP contribution in [0.5, 0.6) is 0 Å². The van der Waals surface area contributed by atoms with Crippen LogP contribution in [0, 0.1) is 5.92 Å². The second-order valence-electron chi connectivity index (χ2n) is 4.75. The number of rotatable bonds is 4. The van der Waals surface area contributed by atoms with Crippen molar-refractivity contribution in [3.8, 4) is 0 Å². The van der Waals surface area contributed by atoms with Crippen LogP contribution in [0.15, 0.2) is 34.3 Å². The zero-order valence-corrected chi connectivity index (χ0v) is 12.2. The van der Waals surface area contributed by atoms with E-state index in [4.69, 9.17) is 22.5 Å². The number of nitrogens with one attached hydrogen (secondary N) is 1. The lowest BCUT2D eigenvalue weighted by molar-refractivity contribution is 0.312. The third kappa shape index (κ3) is 3.23. The van der Waals surface area contributed by atoms with Gasteiger partial charge >= 0.3 is 0 Å². The van der Waals surface area contributed by atoms with Gasteiger partial charge in [0, 0.05) is 17.0 Å². The lowest BCUT2D eigenvalue weighted by Gasteiger charge is -2.19. The lowest BCUT2D eigenvalue weighted by atomic mass is 10.0. The van der Waals surface area contributed by atoms with Gasteiger partial charge in [0.1, 0.15) is 5.84 Å². The van der Waals surface area contributed by atoms with Crippen LogP contribution in [-0.4, -0.2) is 25.5 Å². The monoisotopic (exact) mass is 317 g/mol. The summed E-state index contributed by atoms with van der Waals surface area (Å²) < 4.78 is 27.2. The number of nitrogens with two attached hydrogens (primary N) is 1. The second kappa shape index (κ2) is 5.99. The summed E-state index contributed by atoms with van der Waals surface area (Å²) in [7, 11) is -3.67. The third-order valence-corrected chi connectivity index (χ3v) is 5.15. The maximum Gasteiger partial charge on any atom is 0.240 e. The number of hydrogen-bond acceptors (Lipinski definition) is 4. The Balaban J connectivity index is 2.20. The van der Waals surface area contributed by atoms with E-state index in [0.29, 0.717) is 17.9 Å². The normalized spacial score (nSPS) is 23.9. The predicted molar refractivity (Wildman–Crippen MR) is 76.3 cm³/mol. The molecule has 2 rings (SSSR count). The minimum absolute atomic E-state index is 0.0568. The number of sulfonamides is 1. The van der Waals surface area contributed by atoms with Crippen LogP contribution in [0.3, 0.4) is 0 Å². The SMILES string of the molecule is NC(=NO)C1CCCC1NS(=O)(=O)c1cccc(Cl)c1. The van der Waals surface area contributed by atoms with E-state index in [1.807, 2.05) is 0 Å². The van der Waals surface area contributed by atoms with Crippen LogP contribution >= 0.6 is 11.6 Å². The van der Waals surface area contributed by atoms with Crippen molar-refractivity contribution >= 4 is 27.5 Å². The number of hydrogen-bond donors (Lipinski definition) is 3. The molecule has 2 unspecified atom stereocenters. The fourth-order valence-corrected chi connectivity index (χ4v) is 4.04. The van der Waals surface area contributed by atoms with Crippen molar-refractivity contribution < 1.29 is 13.6 Å². The van der Waals surface area contributed by atoms with Crippen molar-refractivity contribution in [2.75, 3.05) is 0 Å². The molecule has 0 amide bonds. The average Bonchev–Trinajstić information content (AvgIpc) is 2.85. The smallest absolute Gasteiger partial charge is 0.240 e. The molecule has 0 aliphatic heterocycles. The van der Waals surface area contributed by atoms with E-state index in [-0.39, 0.29) is 22.7 Å². The predicted octanol–water partition coefficient (Wildman–Crippen LogP) is 1.53. The highest BCUT2D eigenvalue weighted by atomic mass is 35.5. The van der Waals surface area contributed by atoms with Gasteiger partial charge in [0.05, 0.1) is 4.90 Å². The van der Waals surface area contributed by atoms with Gasteiger partial charge in [-0.25, -0.2) is 13.1 Å². The Hall–Kier alpha value is -1.31. The van der Waals surface area contributed by atoms with Gasteiger partial charge in [-0.3, -0.25) is 0 Å². The molecule has 1 saturated carbocycles. The van der Waals surface area contributed by atoms with Crippen molar-refractivity contribution in [2.45, 2.75) is 30.2 Å². The van der Waals surface area contributed by atoms with E-state index >= 15 is 0 Å².